The van der Waals surface area contributed by atoms with Crippen molar-refractivity contribution in [2.75, 3.05) is 18.9 Å². The van der Waals surface area contributed by atoms with Gasteiger partial charge in [0.2, 0.25) is 5.91 Å². The number of aliphatic hydroxyl groups excluding tert-OH is 1. The van der Waals surface area contributed by atoms with Crippen molar-refractivity contribution in [2.45, 2.75) is 50.2 Å². The van der Waals surface area contributed by atoms with Crippen LogP contribution in [0.1, 0.15) is 45.4 Å². The number of rotatable bonds is 4. The van der Waals surface area contributed by atoms with Crippen LogP contribution in [0, 0.1) is 11.8 Å². The highest BCUT2D eigenvalue weighted by atomic mass is 32.2. The fraction of sp³-hybridized carbons (Fsp3) is 0.929. The van der Waals surface area contributed by atoms with E-state index in [9.17, 15) is 9.90 Å². The summed E-state index contributed by atoms with van der Waals surface area (Å²) in [4.78, 5) is 12.2. The maximum Gasteiger partial charge on any atom is 0.235 e. The zero-order chi connectivity index (χ0) is 13.0. The minimum Gasteiger partial charge on any atom is -0.396 e. The Morgan fingerprint density at radius 1 is 1.33 bits per heavy atom. The van der Waals surface area contributed by atoms with E-state index in [1.54, 1.807) is 11.8 Å². The Bertz CT molecular complexity index is 290. The Morgan fingerprint density at radius 3 is 2.67 bits per heavy atom. The van der Waals surface area contributed by atoms with Gasteiger partial charge in [-0.05, 0) is 50.2 Å². The molecular weight excluding hydrogens is 246 g/mol. The molecule has 0 aromatic rings. The molecule has 0 aromatic heterocycles. The Balaban J connectivity index is 1.81. The molecular formula is C14H25NO2S. The van der Waals surface area contributed by atoms with Crippen LogP contribution in [-0.4, -0.2) is 34.7 Å². The predicted molar refractivity (Wildman–Crippen MR) is 75.6 cm³/mol. The molecule has 2 fully saturated rings. The normalized spacial score (nSPS) is 36.6. The van der Waals surface area contributed by atoms with Crippen molar-refractivity contribution in [2.24, 2.45) is 11.8 Å². The van der Waals surface area contributed by atoms with E-state index < -0.39 is 0 Å². The van der Waals surface area contributed by atoms with Crippen molar-refractivity contribution in [1.82, 2.24) is 5.32 Å². The number of hydrogen-bond donors (Lipinski definition) is 2. The van der Waals surface area contributed by atoms with E-state index in [1.165, 1.54) is 12.8 Å². The molecule has 1 aliphatic heterocycles. The summed E-state index contributed by atoms with van der Waals surface area (Å²) >= 11 is 1.78. The number of hydrogen-bond acceptors (Lipinski definition) is 3. The van der Waals surface area contributed by atoms with Gasteiger partial charge in [0.25, 0.3) is 0 Å². The first kappa shape index (κ1) is 14.2. The van der Waals surface area contributed by atoms with Gasteiger partial charge in [0.05, 0.1) is 4.75 Å². The van der Waals surface area contributed by atoms with Crippen LogP contribution >= 0.6 is 11.8 Å². The van der Waals surface area contributed by atoms with E-state index in [2.05, 4.69) is 12.2 Å². The average molecular weight is 271 g/mol. The average Bonchev–Trinajstić information content (AvgIpc) is 2.84. The van der Waals surface area contributed by atoms with Crippen LogP contribution in [0.2, 0.25) is 0 Å². The number of nitrogens with one attached hydrogen (secondary N) is 1. The van der Waals surface area contributed by atoms with Crippen molar-refractivity contribution < 1.29 is 9.90 Å². The molecule has 104 valence electrons. The van der Waals surface area contributed by atoms with Crippen molar-refractivity contribution in [3.63, 3.8) is 0 Å². The van der Waals surface area contributed by atoms with Crippen molar-refractivity contribution in [1.29, 1.82) is 0 Å². The summed E-state index contributed by atoms with van der Waals surface area (Å²) in [6, 6.07) is 0. The first-order valence-corrected chi connectivity index (χ1v) is 8.17. The quantitative estimate of drug-likeness (QED) is 0.824. The molecule has 0 spiro atoms. The SMILES string of the molecule is CC1(C(=O)NCC2CCCCC2CO)CCCS1. The third kappa shape index (κ3) is 3.21. The smallest absolute Gasteiger partial charge is 0.235 e. The van der Waals surface area contributed by atoms with E-state index >= 15 is 0 Å². The van der Waals surface area contributed by atoms with Crippen molar-refractivity contribution >= 4 is 17.7 Å². The zero-order valence-corrected chi connectivity index (χ0v) is 12.1. The van der Waals surface area contributed by atoms with E-state index in [0.29, 0.717) is 11.8 Å². The molecule has 2 rings (SSSR count). The fourth-order valence-corrected chi connectivity index (χ4v) is 4.39. The number of carbonyl (C=O) groups is 1. The van der Waals surface area contributed by atoms with E-state index in [0.717, 1.165) is 38.0 Å². The van der Waals surface area contributed by atoms with Gasteiger partial charge in [0.15, 0.2) is 0 Å². The van der Waals surface area contributed by atoms with Gasteiger partial charge in [-0.25, -0.2) is 0 Å². The van der Waals surface area contributed by atoms with Crippen molar-refractivity contribution in [3.8, 4) is 0 Å². The van der Waals surface area contributed by atoms with E-state index in [-0.39, 0.29) is 17.3 Å². The van der Waals surface area contributed by atoms with E-state index in [1.807, 2.05) is 0 Å². The minimum atomic E-state index is -0.205. The molecule has 1 aliphatic carbocycles. The summed E-state index contributed by atoms with van der Waals surface area (Å²) in [6.45, 7) is 3.08. The second-order valence-corrected chi connectivity index (χ2v) is 7.48. The predicted octanol–water partition coefficient (Wildman–Crippen LogP) is 2.19. The van der Waals surface area contributed by atoms with E-state index in [4.69, 9.17) is 0 Å². The first-order chi connectivity index (χ1) is 8.65. The maximum atomic E-state index is 12.2. The third-order valence-corrected chi connectivity index (χ3v) is 6.04. The highest BCUT2D eigenvalue weighted by Gasteiger charge is 2.37. The maximum absolute atomic E-state index is 12.2. The molecule has 0 bridgehead atoms. The summed E-state index contributed by atoms with van der Waals surface area (Å²) in [5.74, 6) is 2.17. The molecule has 1 saturated heterocycles. The second kappa shape index (κ2) is 6.29. The van der Waals surface area contributed by atoms with Gasteiger partial charge in [-0.3, -0.25) is 4.79 Å². The topological polar surface area (TPSA) is 49.3 Å². The molecule has 1 heterocycles. The van der Waals surface area contributed by atoms with Gasteiger partial charge in [0, 0.05) is 13.2 Å². The molecule has 1 saturated carbocycles. The fourth-order valence-electron chi connectivity index (χ4n) is 3.16. The lowest BCUT2D eigenvalue weighted by molar-refractivity contribution is -0.123. The Kier molecular flexibility index (Phi) is 4.96. The van der Waals surface area contributed by atoms with Crippen LogP contribution in [0.4, 0.5) is 0 Å². The van der Waals surface area contributed by atoms with Gasteiger partial charge in [-0.15, -0.1) is 11.8 Å². The molecule has 0 aromatic carbocycles. The lowest BCUT2D eigenvalue weighted by Crippen LogP contribution is -2.44. The summed E-state index contributed by atoms with van der Waals surface area (Å²) in [5.41, 5.74) is 0. The monoisotopic (exact) mass is 271 g/mol. The number of amides is 1. The van der Waals surface area contributed by atoms with Crippen LogP contribution in [0.15, 0.2) is 0 Å². The Morgan fingerprint density at radius 2 is 2.06 bits per heavy atom. The molecule has 0 radical (unpaired) electrons. The molecule has 3 unspecified atom stereocenters. The zero-order valence-electron chi connectivity index (χ0n) is 11.3. The van der Waals surface area contributed by atoms with Gasteiger partial charge in [-0.1, -0.05) is 12.8 Å². The summed E-state index contributed by atoms with van der Waals surface area (Å²) < 4.78 is -0.205. The molecule has 2 N–H and O–H groups in total. The van der Waals surface area contributed by atoms with Crippen LogP contribution in [0.25, 0.3) is 0 Å². The highest BCUT2D eigenvalue weighted by Crippen LogP contribution is 2.38. The second-order valence-electron chi connectivity index (χ2n) is 5.88. The van der Waals surface area contributed by atoms with Crippen molar-refractivity contribution in [3.05, 3.63) is 0 Å². The standard InChI is InChI=1S/C14H25NO2S/c1-14(7-4-8-18-14)13(17)15-9-11-5-2-3-6-12(11)10-16/h11-12,16H,2-10H2,1H3,(H,15,17). The largest absolute Gasteiger partial charge is 0.396 e. The summed E-state index contributed by atoms with van der Waals surface area (Å²) in [7, 11) is 0. The van der Waals surface area contributed by atoms with Crippen LogP contribution in [0.5, 0.6) is 0 Å². The third-order valence-electron chi connectivity index (χ3n) is 4.52. The molecule has 2 aliphatic rings. The number of thioether (sulfide) groups is 1. The van der Waals surface area contributed by atoms with Crippen LogP contribution in [0.3, 0.4) is 0 Å². The van der Waals surface area contributed by atoms with Crippen LogP contribution < -0.4 is 5.32 Å². The van der Waals surface area contributed by atoms with Gasteiger partial charge in [0.1, 0.15) is 0 Å². The molecule has 18 heavy (non-hydrogen) atoms. The molecule has 3 atom stereocenters. The Hall–Kier alpha value is -0.220. The van der Waals surface area contributed by atoms with Gasteiger partial charge < -0.3 is 10.4 Å². The first-order valence-electron chi connectivity index (χ1n) is 7.19. The van der Waals surface area contributed by atoms with Crippen LogP contribution in [-0.2, 0) is 4.79 Å². The highest BCUT2D eigenvalue weighted by molar-refractivity contribution is 8.01. The minimum absolute atomic E-state index is 0.201. The van der Waals surface area contributed by atoms with Gasteiger partial charge >= 0.3 is 0 Å². The number of carbonyl (C=O) groups excluding carboxylic acids is 1. The Labute approximate surface area is 114 Å². The summed E-state index contributed by atoms with van der Waals surface area (Å²) in [5, 5.41) is 12.5. The van der Waals surface area contributed by atoms with Gasteiger partial charge in [-0.2, -0.15) is 0 Å². The molecule has 4 heteroatoms. The number of aliphatic hydroxyl groups is 1. The molecule has 1 amide bonds. The lowest BCUT2D eigenvalue weighted by Gasteiger charge is -2.31. The summed E-state index contributed by atoms with van der Waals surface area (Å²) in [6.07, 6.45) is 6.87. The lowest BCUT2D eigenvalue weighted by atomic mass is 9.79. The molecule has 3 nitrogen and oxygen atoms in total.